The van der Waals surface area contributed by atoms with Crippen LogP contribution >= 0.6 is 0 Å². The van der Waals surface area contributed by atoms with Crippen molar-refractivity contribution in [2.24, 2.45) is 0 Å². The van der Waals surface area contributed by atoms with E-state index in [1.807, 2.05) is 37.3 Å². The summed E-state index contributed by atoms with van der Waals surface area (Å²) in [6, 6.07) is 9.49. The third-order valence-corrected chi connectivity index (χ3v) is 1.92. The van der Waals surface area contributed by atoms with Gasteiger partial charge in [-0.05, 0) is 25.5 Å². The van der Waals surface area contributed by atoms with Crippen LogP contribution in [-0.4, -0.2) is 11.9 Å². The van der Waals surface area contributed by atoms with Crippen molar-refractivity contribution in [3.8, 4) is 0 Å². The molecule has 0 amide bonds. The van der Waals surface area contributed by atoms with E-state index in [1.54, 1.807) is 0 Å². The maximum atomic E-state index is 11.0. The third kappa shape index (κ3) is 3.18. The molecule has 0 saturated carbocycles. The Morgan fingerprint density at radius 2 is 2.07 bits per heavy atom. The normalized spacial score (nSPS) is 12.1. The predicted molar refractivity (Wildman–Crippen MR) is 55.9 cm³/mol. The van der Waals surface area contributed by atoms with Crippen molar-refractivity contribution in [1.29, 1.82) is 0 Å². The smallest absolute Gasteiger partial charge is 0.161 e. The van der Waals surface area contributed by atoms with Crippen LogP contribution in [-0.2, 0) is 9.63 Å². The van der Waals surface area contributed by atoms with Gasteiger partial charge in [-0.2, -0.15) is 0 Å². The van der Waals surface area contributed by atoms with E-state index < -0.39 is 0 Å². The summed E-state index contributed by atoms with van der Waals surface area (Å²) >= 11 is 0. The van der Waals surface area contributed by atoms with E-state index in [-0.39, 0.29) is 11.9 Å². The van der Waals surface area contributed by atoms with Gasteiger partial charge in [-0.1, -0.05) is 25.1 Å². The van der Waals surface area contributed by atoms with Gasteiger partial charge in [0, 0.05) is 0 Å². The first-order valence-corrected chi connectivity index (χ1v) is 4.71. The molecule has 0 bridgehead atoms. The molecular weight excluding hydrogens is 178 g/mol. The van der Waals surface area contributed by atoms with Gasteiger partial charge in [0.15, 0.2) is 5.78 Å². The van der Waals surface area contributed by atoms with Crippen molar-refractivity contribution in [3.63, 3.8) is 0 Å². The first-order valence-electron chi connectivity index (χ1n) is 4.71. The molecule has 0 saturated heterocycles. The molecule has 0 unspecified atom stereocenters. The van der Waals surface area contributed by atoms with Gasteiger partial charge in [0.05, 0.1) is 5.69 Å². The number of nitrogens with one attached hydrogen (secondary N) is 1. The van der Waals surface area contributed by atoms with Crippen LogP contribution in [0.3, 0.4) is 0 Å². The molecule has 3 nitrogen and oxygen atoms in total. The quantitative estimate of drug-likeness (QED) is 0.730. The molecule has 0 radical (unpaired) electrons. The van der Waals surface area contributed by atoms with Crippen LogP contribution in [0.4, 0.5) is 5.69 Å². The minimum absolute atomic E-state index is 0.0379. The number of Topliss-reactive ketones (excluding diaryl/α,β-unsaturated/α-hetero) is 1. The Bertz CT molecular complexity index is 285. The fourth-order valence-corrected chi connectivity index (χ4v) is 1.10. The number of benzene rings is 1. The van der Waals surface area contributed by atoms with Crippen LogP contribution in [0.2, 0.25) is 0 Å². The molecule has 3 heteroatoms. The summed E-state index contributed by atoms with van der Waals surface area (Å²) < 4.78 is 0. The summed E-state index contributed by atoms with van der Waals surface area (Å²) in [4.78, 5) is 16.3. The molecule has 0 heterocycles. The van der Waals surface area contributed by atoms with Crippen molar-refractivity contribution in [3.05, 3.63) is 30.3 Å². The van der Waals surface area contributed by atoms with E-state index in [2.05, 4.69) is 5.48 Å². The van der Waals surface area contributed by atoms with Crippen LogP contribution in [0, 0.1) is 0 Å². The zero-order valence-corrected chi connectivity index (χ0v) is 8.49. The van der Waals surface area contributed by atoms with Gasteiger partial charge in [0.1, 0.15) is 6.10 Å². The molecule has 0 spiro atoms. The van der Waals surface area contributed by atoms with E-state index in [4.69, 9.17) is 4.84 Å². The second-order valence-electron chi connectivity index (χ2n) is 3.09. The van der Waals surface area contributed by atoms with Crippen molar-refractivity contribution < 1.29 is 9.63 Å². The summed E-state index contributed by atoms with van der Waals surface area (Å²) in [6.45, 7) is 3.44. The second-order valence-corrected chi connectivity index (χ2v) is 3.09. The Kier molecular flexibility index (Phi) is 4.13. The van der Waals surface area contributed by atoms with Crippen LogP contribution in [0.15, 0.2) is 30.3 Å². The number of ketones is 1. The lowest BCUT2D eigenvalue weighted by Gasteiger charge is -2.13. The lowest BCUT2D eigenvalue weighted by atomic mass is 10.2. The average Bonchev–Trinajstić information content (AvgIpc) is 2.20. The van der Waals surface area contributed by atoms with Crippen molar-refractivity contribution in [1.82, 2.24) is 0 Å². The van der Waals surface area contributed by atoms with Crippen LogP contribution in [0.25, 0.3) is 0 Å². The molecule has 1 aromatic rings. The lowest BCUT2D eigenvalue weighted by molar-refractivity contribution is -0.126. The maximum Gasteiger partial charge on any atom is 0.161 e. The minimum Gasteiger partial charge on any atom is -0.297 e. The highest BCUT2D eigenvalue weighted by atomic mass is 16.7. The van der Waals surface area contributed by atoms with Crippen LogP contribution < -0.4 is 5.48 Å². The molecule has 1 atom stereocenters. The van der Waals surface area contributed by atoms with Gasteiger partial charge in [0.2, 0.25) is 0 Å². The van der Waals surface area contributed by atoms with Gasteiger partial charge in [-0.25, -0.2) is 0 Å². The van der Waals surface area contributed by atoms with Crippen molar-refractivity contribution in [2.45, 2.75) is 26.4 Å². The Labute approximate surface area is 84.0 Å². The third-order valence-electron chi connectivity index (χ3n) is 1.92. The molecule has 0 aliphatic rings. The molecular formula is C11H15NO2. The number of para-hydroxylation sites is 1. The number of rotatable bonds is 5. The molecule has 0 aliphatic heterocycles. The largest absolute Gasteiger partial charge is 0.297 e. The van der Waals surface area contributed by atoms with Gasteiger partial charge < -0.3 is 0 Å². The Hall–Kier alpha value is -1.35. The maximum absolute atomic E-state index is 11.0. The lowest BCUT2D eigenvalue weighted by Crippen LogP contribution is -2.23. The van der Waals surface area contributed by atoms with Gasteiger partial charge in [-0.15, -0.1) is 0 Å². The van der Waals surface area contributed by atoms with Crippen molar-refractivity contribution >= 4 is 11.5 Å². The molecule has 1 rings (SSSR count). The molecule has 1 aromatic carbocycles. The summed E-state index contributed by atoms with van der Waals surface area (Å²) in [5.41, 5.74) is 3.61. The summed E-state index contributed by atoms with van der Waals surface area (Å²) in [7, 11) is 0. The monoisotopic (exact) mass is 193 g/mol. The summed E-state index contributed by atoms with van der Waals surface area (Å²) in [5.74, 6) is 0.0379. The standard InChI is InChI=1S/C11H15NO2/c1-3-11(9(2)13)14-12-10-7-5-4-6-8-10/h4-8,11-12H,3H2,1-2H3/t11-/m1/s1. The highest BCUT2D eigenvalue weighted by Gasteiger charge is 2.11. The number of carbonyl (C=O) groups excluding carboxylic acids is 1. The highest BCUT2D eigenvalue weighted by Crippen LogP contribution is 2.07. The summed E-state index contributed by atoms with van der Waals surface area (Å²) in [5, 5.41) is 0. The van der Waals surface area contributed by atoms with E-state index >= 15 is 0 Å². The van der Waals surface area contributed by atoms with E-state index in [1.165, 1.54) is 6.92 Å². The Morgan fingerprint density at radius 3 is 2.57 bits per heavy atom. The van der Waals surface area contributed by atoms with Crippen molar-refractivity contribution in [2.75, 3.05) is 5.48 Å². The number of carbonyl (C=O) groups is 1. The molecule has 1 N–H and O–H groups in total. The minimum atomic E-state index is -0.366. The zero-order valence-electron chi connectivity index (χ0n) is 8.49. The molecule has 0 aromatic heterocycles. The Morgan fingerprint density at radius 1 is 1.43 bits per heavy atom. The molecule has 0 aliphatic carbocycles. The molecule has 14 heavy (non-hydrogen) atoms. The van der Waals surface area contributed by atoms with Crippen LogP contribution in [0.1, 0.15) is 20.3 Å². The van der Waals surface area contributed by atoms with Gasteiger partial charge in [0.25, 0.3) is 0 Å². The van der Waals surface area contributed by atoms with Gasteiger partial charge in [-0.3, -0.25) is 15.1 Å². The fourth-order valence-electron chi connectivity index (χ4n) is 1.10. The second kappa shape index (κ2) is 5.40. The first-order chi connectivity index (χ1) is 6.74. The first kappa shape index (κ1) is 10.7. The molecule has 76 valence electrons. The fraction of sp³-hybridized carbons (Fsp3) is 0.364. The zero-order chi connectivity index (χ0) is 10.4. The molecule has 0 fully saturated rings. The van der Waals surface area contributed by atoms with E-state index in [9.17, 15) is 4.79 Å². The van der Waals surface area contributed by atoms with E-state index in [0.29, 0.717) is 6.42 Å². The Balaban J connectivity index is 2.44. The van der Waals surface area contributed by atoms with Crippen LogP contribution in [0.5, 0.6) is 0 Å². The topological polar surface area (TPSA) is 38.3 Å². The van der Waals surface area contributed by atoms with E-state index in [0.717, 1.165) is 5.69 Å². The highest BCUT2D eigenvalue weighted by molar-refractivity contribution is 5.80. The number of anilines is 1. The average molecular weight is 193 g/mol. The van der Waals surface area contributed by atoms with Gasteiger partial charge >= 0.3 is 0 Å². The predicted octanol–water partition coefficient (Wildman–Crippen LogP) is 2.40. The number of hydrogen-bond donors (Lipinski definition) is 1. The summed E-state index contributed by atoms with van der Waals surface area (Å²) in [6.07, 6.45) is 0.310. The number of hydrogen-bond acceptors (Lipinski definition) is 3. The SMILES string of the molecule is CC[C@@H](ONc1ccccc1)C(C)=O.